The molecular formula is C13H22N4OS. The van der Waals surface area contributed by atoms with Crippen molar-refractivity contribution in [3.63, 3.8) is 0 Å². The van der Waals surface area contributed by atoms with Gasteiger partial charge in [-0.25, -0.2) is 5.10 Å². The van der Waals surface area contributed by atoms with Crippen LogP contribution in [0, 0.1) is 4.77 Å². The third kappa shape index (κ3) is 2.56. The maximum absolute atomic E-state index is 5.77. The molecule has 0 unspecified atom stereocenters. The fourth-order valence-electron chi connectivity index (χ4n) is 3.20. The zero-order chi connectivity index (χ0) is 13.5. The number of rotatable bonds is 2. The van der Waals surface area contributed by atoms with Crippen LogP contribution in [0.25, 0.3) is 0 Å². The fourth-order valence-corrected chi connectivity index (χ4v) is 3.47. The van der Waals surface area contributed by atoms with Gasteiger partial charge in [0.15, 0.2) is 4.77 Å². The van der Waals surface area contributed by atoms with Gasteiger partial charge in [0.05, 0.1) is 12.2 Å². The van der Waals surface area contributed by atoms with E-state index in [1.165, 1.54) is 25.7 Å². The lowest BCUT2D eigenvalue weighted by Gasteiger charge is -2.38. The van der Waals surface area contributed by atoms with E-state index in [4.69, 9.17) is 17.0 Å². The van der Waals surface area contributed by atoms with E-state index in [-0.39, 0.29) is 5.60 Å². The van der Waals surface area contributed by atoms with E-state index in [1.807, 2.05) is 0 Å². The van der Waals surface area contributed by atoms with Crippen LogP contribution in [-0.4, -0.2) is 40.1 Å². The van der Waals surface area contributed by atoms with Gasteiger partial charge >= 0.3 is 0 Å². The number of aromatic nitrogens is 3. The molecule has 1 aromatic rings. The van der Waals surface area contributed by atoms with Gasteiger partial charge in [0.1, 0.15) is 0 Å². The van der Waals surface area contributed by atoms with Crippen LogP contribution in [0.2, 0.25) is 0 Å². The summed E-state index contributed by atoms with van der Waals surface area (Å²) >= 11 is 5.42. The van der Waals surface area contributed by atoms with Crippen molar-refractivity contribution in [3.05, 3.63) is 4.77 Å². The Balaban J connectivity index is 1.90. The third-order valence-electron chi connectivity index (χ3n) is 4.08. The first kappa shape index (κ1) is 13.1. The second kappa shape index (κ2) is 4.90. The van der Waals surface area contributed by atoms with Crippen LogP contribution in [0.15, 0.2) is 0 Å². The summed E-state index contributed by atoms with van der Waals surface area (Å²) in [4.78, 5) is 2.30. The molecule has 0 bridgehead atoms. The first-order chi connectivity index (χ1) is 9.07. The van der Waals surface area contributed by atoms with E-state index < -0.39 is 0 Å². The molecule has 0 spiro atoms. The molecule has 3 rings (SSSR count). The van der Waals surface area contributed by atoms with Gasteiger partial charge < -0.3 is 9.64 Å². The lowest BCUT2D eigenvalue weighted by Crippen LogP contribution is -2.49. The summed E-state index contributed by atoms with van der Waals surface area (Å²) in [5.41, 5.74) is -0.119. The molecule has 2 aliphatic rings. The zero-order valence-corrected chi connectivity index (χ0v) is 12.5. The van der Waals surface area contributed by atoms with Crippen molar-refractivity contribution in [3.8, 4) is 0 Å². The number of anilines is 1. The number of morpholine rings is 1. The summed E-state index contributed by atoms with van der Waals surface area (Å²) < 4.78 is 8.76. The molecule has 0 atom stereocenters. The molecule has 0 amide bonds. The SMILES string of the molecule is CC1(C)CN(c2n[nH]c(=S)n2C2CCCC2)CCO1. The fraction of sp³-hybridized carbons (Fsp3) is 0.846. The Kier molecular flexibility index (Phi) is 3.39. The molecule has 1 aromatic heterocycles. The summed E-state index contributed by atoms with van der Waals surface area (Å²) in [5, 5.41) is 7.44. The number of aromatic amines is 1. The molecule has 1 aliphatic heterocycles. The van der Waals surface area contributed by atoms with E-state index >= 15 is 0 Å². The predicted molar refractivity (Wildman–Crippen MR) is 77.2 cm³/mol. The van der Waals surface area contributed by atoms with Crippen LogP contribution in [0.4, 0.5) is 5.95 Å². The van der Waals surface area contributed by atoms with Gasteiger partial charge in [-0.05, 0) is 38.9 Å². The Morgan fingerprint density at radius 1 is 1.37 bits per heavy atom. The highest BCUT2D eigenvalue weighted by Crippen LogP contribution is 2.33. The summed E-state index contributed by atoms with van der Waals surface area (Å²) in [6.07, 6.45) is 5.03. The molecule has 0 aromatic carbocycles. The largest absolute Gasteiger partial charge is 0.372 e. The van der Waals surface area contributed by atoms with E-state index in [0.29, 0.717) is 6.04 Å². The van der Waals surface area contributed by atoms with Crippen LogP contribution in [0.1, 0.15) is 45.6 Å². The number of hydrogen-bond donors (Lipinski definition) is 1. The van der Waals surface area contributed by atoms with Gasteiger partial charge in [-0.3, -0.25) is 4.57 Å². The Hall–Kier alpha value is -0.880. The summed E-state index contributed by atoms with van der Waals surface area (Å²) in [7, 11) is 0. The average Bonchev–Trinajstić information content (AvgIpc) is 2.96. The van der Waals surface area contributed by atoms with Crippen molar-refractivity contribution in [1.29, 1.82) is 0 Å². The van der Waals surface area contributed by atoms with E-state index in [0.717, 1.165) is 30.4 Å². The van der Waals surface area contributed by atoms with Crippen molar-refractivity contribution in [1.82, 2.24) is 14.8 Å². The van der Waals surface area contributed by atoms with Crippen LogP contribution in [0.5, 0.6) is 0 Å². The molecule has 19 heavy (non-hydrogen) atoms. The molecule has 6 heteroatoms. The molecule has 0 radical (unpaired) electrons. The maximum Gasteiger partial charge on any atom is 0.226 e. The summed E-state index contributed by atoms with van der Waals surface area (Å²) in [5.74, 6) is 0.994. The topological polar surface area (TPSA) is 46.1 Å². The standard InChI is InChI=1S/C13H22N4OS/c1-13(2)9-16(7-8-18-13)11-14-15-12(19)17(11)10-5-3-4-6-10/h10H,3-9H2,1-2H3,(H,15,19). The second-order valence-corrected chi connectivity index (χ2v) is 6.55. The monoisotopic (exact) mass is 282 g/mol. The highest BCUT2D eigenvalue weighted by Gasteiger charge is 2.31. The first-order valence-electron chi connectivity index (χ1n) is 7.13. The van der Waals surface area contributed by atoms with Gasteiger partial charge in [-0.2, -0.15) is 0 Å². The number of H-pyrrole nitrogens is 1. The third-order valence-corrected chi connectivity index (χ3v) is 4.37. The molecule has 106 valence electrons. The van der Waals surface area contributed by atoms with Crippen molar-refractivity contribution in [2.75, 3.05) is 24.6 Å². The van der Waals surface area contributed by atoms with Crippen molar-refractivity contribution >= 4 is 18.2 Å². The van der Waals surface area contributed by atoms with Gasteiger partial charge in [0.25, 0.3) is 0 Å². The normalized spacial score (nSPS) is 24.0. The van der Waals surface area contributed by atoms with Crippen LogP contribution >= 0.6 is 12.2 Å². The molecule has 5 nitrogen and oxygen atoms in total. The summed E-state index contributed by atoms with van der Waals surface area (Å²) in [6.45, 7) is 6.74. The smallest absolute Gasteiger partial charge is 0.226 e. The van der Waals surface area contributed by atoms with E-state index in [9.17, 15) is 0 Å². The molecule has 1 saturated heterocycles. The molecule has 1 N–H and O–H groups in total. The number of nitrogens with zero attached hydrogens (tertiary/aromatic N) is 3. The highest BCUT2D eigenvalue weighted by atomic mass is 32.1. The average molecular weight is 282 g/mol. The van der Waals surface area contributed by atoms with Crippen molar-refractivity contribution < 1.29 is 4.74 Å². The molecule has 2 heterocycles. The number of ether oxygens (including phenoxy) is 1. The van der Waals surface area contributed by atoms with Gasteiger partial charge in [0.2, 0.25) is 5.95 Å². The summed E-state index contributed by atoms with van der Waals surface area (Å²) in [6, 6.07) is 0.521. The lowest BCUT2D eigenvalue weighted by atomic mass is 10.1. The van der Waals surface area contributed by atoms with Crippen molar-refractivity contribution in [2.45, 2.75) is 51.2 Å². The number of hydrogen-bond acceptors (Lipinski definition) is 4. The highest BCUT2D eigenvalue weighted by molar-refractivity contribution is 7.71. The minimum atomic E-state index is -0.119. The van der Waals surface area contributed by atoms with Gasteiger partial charge in [0, 0.05) is 19.1 Å². The molecule has 1 aliphatic carbocycles. The lowest BCUT2D eigenvalue weighted by molar-refractivity contribution is -0.0283. The first-order valence-corrected chi connectivity index (χ1v) is 7.53. The van der Waals surface area contributed by atoms with Gasteiger partial charge in [-0.15, -0.1) is 5.10 Å². The zero-order valence-electron chi connectivity index (χ0n) is 11.7. The quantitative estimate of drug-likeness (QED) is 0.847. The van der Waals surface area contributed by atoms with E-state index in [1.54, 1.807) is 0 Å². The Morgan fingerprint density at radius 3 is 2.79 bits per heavy atom. The van der Waals surface area contributed by atoms with E-state index in [2.05, 4.69) is 33.5 Å². The Morgan fingerprint density at radius 2 is 2.11 bits per heavy atom. The Labute approximate surface area is 118 Å². The minimum absolute atomic E-state index is 0.119. The van der Waals surface area contributed by atoms with Crippen LogP contribution in [0.3, 0.4) is 0 Å². The predicted octanol–water partition coefficient (Wildman–Crippen LogP) is 2.67. The Bertz CT molecular complexity index is 501. The molecule has 2 fully saturated rings. The number of nitrogens with one attached hydrogen (secondary N) is 1. The van der Waals surface area contributed by atoms with Crippen LogP contribution in [-0.2, 0) is 4.74 Å². The van der Waals surface area contributed by atoms with Crippen molar-refractivity contribution in [2.24, 2.45) is 0 Å². The van der Waals surface area contributed by atoms with Crippen LogP contribution < -0.4 is 4.90 Å². The van der Waals surface area contributed by atoms with Gasteiger partial charge in [-0.1, -0.05) is 12.8 Å². The molecular weight excluding hydrogens is 260 g/mol. The molecule has 1 saturated carbocycles. The maximum atomic E-state index is 5.77. The minimum Gasteiger partial charge on any atom is -0.372 e. The second-order valence-electron chi connectivity index (χ2n) is 6.17.